The highest BCUT2D eigenvalue weighted by atomic mass is 79.9. The van der Waals surface area contributed by atoms with Gasteiger partial charge in [-0.15, -0.1) is 0 Å². The minimum Gasteiger partial charge on any atom is -0.489 e. The fraction of sp³-hybridized carbons (Fsp3) is 0.200. The average molecular weight is 360 g/mol. The molecule has 19 heavy (non-hydrogen) atoms. The summed E-state index contributed by atoms with van der Waals surface area (Å²) >= 11 is 15.3. The van der Waals surface area contributed by atoms with Gasteiger partial charge in [0.2, 0.25) is 0 Å². The molecule has 2 aromatic carbocycles. The zero-order chi connectivity index (χ0) is 13.7. The van der Waals surface area contributed by atoms with Gasteiger partial charge in [-0.2, -0.15) is 0 Å². The lowest BCUT2D eigenvalue weighted by atomic mass is 10.2. The van der Waals surface area contributed by atoms with Crippen LogP contribution in [0.3, 0.4) is 0 Å². The van der Waals surface area contributed by atoms with Crippen molar-refractivity contribution in [3.05, 3.63) is 63.6 Å². The molecule has 4 heteroatoms. The number of halogens is 3. The Balaban J connectivity index is 1.96. The molecular weight excluding hydrogens is 347 g/mol. The summed E-state index contributed by atoms with van der Waals surface area (Å²) in [7, 11) is 0. The molecule has 0 unspecified atom stereocenters. The lowest BCUT2D eigenvalue weighted by Crippen LogP contribution is -1.95. The van der Waals surface area contributed by atoms with Crippen LogP contribution < -0.4 is 4.74 Å². The molecule has 0 aliphatic rings. The van der Waals surface area contributed by atoms with E-state index in [-0.39, 0.29) is 0 Å². The zero-order valence-corrected chi connectivity index (χ0v) is 13.3. The first-order valence-corrected chi connectivity index (χ1v) is 7.78. The molecular formula is C15H13BrCl2O. The van der Waals surface area contributed by atoms with E-state index in [9.17, 15) is 0 Å². The lowest BCUT2D eigenvalue weighted by Gasteiger charge is -2.08. The normalized spacial score (nSPS) is 10.5. The van der Waals surface area contributed by atoms with Crippen LogP contribution in [0.15, 0.2) is 42.5 Å². The third-order valence-corrected chi connectivity index (χ3v) is 3.83. The van der Waals surface area contributed by atoms with Crippen LogP contribution in [-0.4, -0.2) is 5.33 Å². The summed E-state index contributed by atoms with van der Waals surface area (Å²) in [6, 6.07) is 13.6. The molecule has 0 aromatic heterocycles. The molecule has 1 nitrogen and oxygen atoms in total. The Bertz CT molecular complexity index is 540. The molecule has 2 aromatic rings. The summed E-state index contributed by atoms with van der Waals surface area (Å²) in [5, 5.41) is 2.08. The molecule has 0 spiro atoms. The van der Waals surface area contributed by atoms with E-state index in [4.69, 9.17) is 27.9 Å². The molecule has 0 bridgehead atoms. The Morgan fingerprint density at radius 3 is 2.21 bits per heavy atom. The number of alkyl halides is 1. The van der Waals surface area contributed by atoms with Crippen molar-refractivity contribution >= 4 is 39.1 Å². The predicted molar refractivity (Wildman–Crippen MR) is 84.7 cm³/mol. The topological polar surface area (TPSA) is 9.23 Å². The number of hydrogen-bond acceptors (Lipinski definition) is 1. The number of benzene rings is 2. The van der Waals surface area contributed by atoms with Crippen LogP contribution in [-0.2, 0) is 13.0 Å². The second-order valence-corrected chi connectivity index (χ2v) is 5.73. The molecule has 0 saturated heterocycles. The molecule has 0 radical (unpaired) electrons. The largest absolute Gasteiger partial charge is 0.489 e. The van der Waals surface area contributed by atoms with E-state index in [2.05, 4.69) is 28.1 Å². The average Bonchev–Trinajstić information content (AvgIpc) is 2.42. The van der Waals surface area contributed by atoms with E-state index < -0.39 is 0 Å². The standard InChI is InChI=1S/C15H13BrCl2O/c16-8-7-11-1-4-13(5-2-11)19-10-12-3-6-14(17)15(18)9-12/h1-6,9H,7-8,10H2. The third-order valence-electron chi connectivity index (χ3n) is 2.70. The summed E-state index contributed by atoms with van der Waals surface area (Å²) < 4.78 is 5.71. The van der Waals surface area contributed by atoms with Crippen LogP contribution in [0.5, 0.6) is 5.75 Å². The van der Waals surface area contributed by atoms with Gasteiger partial charge in [-0.25, -0.2) is 0 Å². The highest BCUT2D eigenvalue weighted by Gasteiger charge is 2.01. The van der Waals surface area contributed by atoms with Crippen molar-refractivity contribution in [3.8, 4) is 5.75 Å². The highest BCUT2D eigenvalue weighted by Crippen LogP contribution is 2.23. The second kappa shape index (κ2) is 7.18. The lowest BCUT2D eigenvalue weighted by molar-refractivity contribution is 0.306. The number of ether oxygens (including phenoxy) is 1. The summed E-state index contributed by atoms with van der Waals surface area (Å²) in [6.07, 6.45) is 1.02. The molecule has 0 saturated carbocycles. The van der Waals surface area contributed by atoms with E-state index in [0.29, 0.717) is 16.7 Å². The van der Waals surface area contributed by atoms with Gasteiger partial charge in [-0.1, -0.05) is 57.3 Å². The Morgan fingerprint density at radius 1 is 0.895 bits per heavy atom. The van der Waals surface area contributed by atoms with E-state index >= 15 is 0 Å². The molecule has 0 aliphatic heterocycles. The zero-order valence-electron chi connectivity index (χ0n) is 10.2. The predicted octanol–water partition coefficient (Wildman–Crippen LogP) is 5.51. The maximum Gasteiger partial charge on any atom is 0.119 e. The van der Waals surface area contributed by atoms with Crippen molar-refractivity contribution in [2.45, 2.75) is 13.0 Å². The summed E-state index contributed by atoms with van der Waals surface area (Å²) in [5.41, 5.74) is 2.29. The highest BCUT2D eigenvalue weighted by molar-refractivity contribution is 9.09. The number of hydrogen-bond donors (Lipinski definition) is 0. The maximum absolute atomic E-state index is 5.96. The Kier molecular flexibility index (Phi) is 5.56. The summed E-state index contributed by atoms with van der Waals surface area (Å²) in [6.45, 7) is 0.481. The Hall–Kier alpha value is -0.700. The van der Waals surface area contributed by atoms with Crippen molar-refractivity contribution in [1.29, 1.82) is 0 Å². The van der Waals surface area contributed by atoms with E-state index in [1.807, 2.05) is 24.3 Å². The van der Waals surface area contributed by atoms with Gasteiger partial charge in [0.25, 0.3) is 0 Å². The molecule has 100 valence electrons. The fourth-order valence-electron chi connectivity index (χ4n) is 1.66. The van der Waals surface area contributed by atoms with E-state index in [1.54, 1.807) is 6.07 Å². The molecule has 0 heterocycles. The van der Waals surface area contributed by atoms with Crippen LogP contribution >= 0.6 is 39.1 Å². The first-order chi connectivity index (χ1) is 9.19. The van der Waals surface area contributed by atoms with Gasteiger partial charge in [-0.3, -0.25) is 0 Å². The van der Waals surface area contributed by atoms with Crippen LogP contribution in [0.2, 0.25) is 10.0 Å². The van der Waals surface area contributed by atoms with Crippen LogP contribution in [0.25, 0.3) is 0 Å². The Morgan fingerprint density at radius 2 is 1.58 bits per heavy atom. The van der Waals surface area contributed by atoms with Gasteiger partial charge in [-0.05, 0) is 41.8 Å². The van der Waals surface area contributed by atoms with E-state index in [0.717, 1.165) is 23.1 Å². The van der Waals surface area contributed by atoms with Crippen LogP contribution in [0.4, 0.5) is 0 Å². The summed E-state index contributed by atoms with van der Waals surface area (Å²) in [4.78, 5) is 0. The second-order valence-electron chi connectivity index (χ2n) is 4.12. The molecule has 0 fully saturated rings. The van der Waals surface area contributed by atoms with Gasteiger partial charge in [0.05, 0.1) is 10.0 Å². The maximum atomic E-state index is 5.96. The molecule has 0 atom stereocenters. The van der Waals surface area contributed by atoms with Crippen molar-refractivity contribution in [2.24, 2.45) is 0 Å². The van der Waals surface area contributed by atoms with Gasteiger partial charge in [0, 0.05) is 5.33 Å². The van der Waals surface area contributed by atoms with Gasteiger partial charge < -0.3 is 4.74 Å². The van der Waals surface area contributed by atoms with Crippen molar-refractivity contribution in [2.75, 3.05) is 5.33 Å². The van der Waals surface area contributed by atoms with E-state index in [1.165, 1.54) is 5.56 Å². The third kappa shape index (κ3) is 4.41. The molecule has 0 N–H and O–H groups in total. The number of rotatable bonds is 5. The molecule has 2 rings (SSSR count). The first-order valence-electron chi connectivity index (χ1n) is 5.90. The quantitative estimate of drug-likeness (QED) is 0.639. The Labute approximate surface area is 131 Å². The van der Waals surface area contributed by atoms with Crippen LogP contribution in [0.1, 0.15) is 11.1 Å². The van der Waals surface area contributed by atoms with Crippen molar-refractivity contribution < 1.29 is 4.74 Å². The summed E-state index contributed by atoms with van der Waals surface area (Å²) in [5.74, 6) is 0.851. The molecule has 0 aliphatic carbocycles. The van der Waals surface area contributed by atoms with Gasteiger partial charge >= 0.3 is 0 Å². The monoisotopic (exact) mass is 358 g/mol. The SMILES string of the molecule is Clc1ccc(COc2ccc(CCBr)cc2)cc1Cl. The number of aryl methyl sites for hydroxylation is 1. The van der Waals surface area contributed by atoms with Gasteiger partial charge in [0.1, 0.15) is 12.4 Å². The fourth-order valence-corrected chi connectivity index (χ4v) is 2.44. The smallest absolute Gasteiger partial charge is 0.119 e. The van der Waals surface area contributed by atoms with Crippen molar-refractivity contribution in [3.63, 3.8) is 0 Å². The first kappa shape index (κ1) is 14.7. The van der Waals surface area contributed by atoms with Gasteiger partial charge in [0.15, 0.2) is 0 Å². The minimum absolute atomic E-state index is 0.481. The van der Waals surface area contributed by atoms with Crippen LogP contribution in [0, 0.1) is 0 Å². The molecule has 0 amide bonds. The van der Waals surface area contributed by atoms with Crippen molar-refractivity contribution in [1.82, 2.24) is 0 Å². The minimum atomic E-state index is 0.481.